The second kappa shape index (κ2) is 8.54. The van der Waals surface area contributed by atoms with E-state index in [2.05, 4.69) is 10.6 Å². The zero-order valence-electron chi connectivity index (χ0n) is 12.9. The predicted molar refractivity (Wildman–Crippen MR) is 87.8 cm³/mol. The molecule has 7 nitrogen and oxygen atoms in total. The van der Waals surface area contributed by atoms with Gasteiger partial charge in [-0.2, -0.15) is 0 Å². The molecule has 0 bridgehead atoms. The van der Waals surface area contributed by atoms with Gasteiger partial charge >= 0.3 is 6.09 Å². The standard InChI is InChI=1S/C17H18N2O5/c20-10-9-18-16(22)13-3-1-12(2-4-13)11-24-17(23)19-14-5-7-15(21)8-6-14/h1-8,20-21H,9-11H2,(H,18,22)(H,19,23). The minimum absolute atomic E-state index is 0.0580. The van der Waals surface area contributed by atoms with E-state index >= 15 is 0 Å². The van der Waals surface area contributed by atoms with Gasteiger partial charge in [-0.15, -0.1) is 0 Å². The number of amides is 2. The third-order valence-corrected chi connectivity index (χ3v) is 3.10. The second-order valence-corrected chi connectivity index (χ2v) is 4.92. The number of carbonyl (C=O) groups is 2. The Morgan fingerprint density at radius 1 is 1.00 bits per heavy atom. The van der Waals surface area contributed by atoms with Crippen LogP contribution >= 0.6 is 0 Å². The highest BCUT2D eigenvalue weighted by molar-refractivity contribution is 5.94. The van der Waals surface area contributed by atoms with Crippen LogP contribution in [0.2, 0.25) is 0 Å². The monoisotopic (exact) mass is 330 g/mol. The van der Waals surface area contributed by atoms with Crippen molar-refractivity contribution in [2.75, 3.05) is 18.5 Å². The molecule has 126 valence electrons. The fourth-order valence-corrected chi connectivity index (χ4v) is 1.87. The van der Waals surface area contributed by atoms with Crippen molar-refractivity contribution in [2.24, 2.45) is 0 Å². The first kappa shape index (κ1) is 17.3. The lowest BCUT2D eigenvalue weighted by molar-refractivity contribution is 0.0944. The van der Waals surface area contributed by atoms with Crippen molar-refractivity contribution >= 4 is 17.7 Å². The number of aliphatic hydroxyl groups is 1. The largest absolute Gasteiger partial charge is 0.508 e. The van der Waals surface area contributed by atoms with E-state index in [4.69, 9.17) is 14.9 Å². The van der Waals surface area contributed by atoms with Crippen LogP contribution in [0.5, 0.6) is 5.75 Å². The number of ether oxygens (including phenoxy) is 1. The molecule has 2 aromatic carbocycles. The molecule has 2 rings (SSSR count). The first-order chi connectivity index (χ1) is 11.6. The number of aromatic hydroxyl groups is 1. The number of phenolic OH excluding ortho intramolecular Hbond substituents is 1. The summed E-state index contributed by atoms with van der Waals surface area (Å²) in [6.07, 6.45) is -0.620. The third-order valence-electron chi connectivity index (χ3n) is 3.10. The lowest BCUT2D eigenvalue weighted by Gasteiger charge is -2.08. The van der Waals surface area contributed by atoms with Gasteiger partial charge in [0.2, 0.25) is 0 Å². The van der Waals surface area contributed by atoms with Crippen LogP contribution in [0.15, 0.2) is 48.5 Å². The van der Waals surface area contributed by atoms with Crippen LogP contribution in [-0.4, -0.2) is 35.4 Å². The molecule has 0 saturated carbocycles. The Morgan fingerprint density at radius 3 is 2.29 bits per heavy atom. The van der Waals surface area contributed by atoms with E-state index in [9.17, 15) is 9.59 Å². The topological polar surface area (TPSA) is 108 Å². The maximum absolute atomic E-state index is 11.7. The zero-order chi connectivity index (χ0) is 17.4. The molecule has 0 fully saturated rings. The Balaban J connectivity index is 1.82. The van der Waals surface area contributed by atoms with Gasteiger partial charge in [0.05, 0.1) is 6.61 Å². The van der Waals surface area contributed by atoms with E-state index in [0.717, 1.165) is 5.56 Å². The summed E-state index contributed by atoms with van der Waals surface area (Å²) in [6.45, 7) is 0.136. The molecule has 4 N–H and O–H groups in total. The molecular formula is C17H18N2O5. The molecule has 0 atom stereocenters. The number of anilines is 1. The van der Waals surface area contributed by atoms with Gasteiger partial charge in [-0.1, -0.05) is 12.1 Å². The summed E-state index contributed by atoms with van der Waals surface area (Å²) in [6, 6.07) is 12.6. The van der Waals surface area contributed by atoms with E-state index in [1.54, 1.807) is 36.4 Å². The second-order valence-electron chi connectivity index (χ2n) is 4.92. The number of benzene rings is 2. The molecule has 0 aliphatic heterocycles. The lowest BCUT2D eigenvalue weighted by Crippen LogP contribution is -2.26. The molecule has 24 heavy (non-hydrogen) atoms. The van der Waals surface area contributed by atoms with Crippen LogP contribution in [0.3, 0.4) is 0 Å². The fraction of sp³-hybridized carbons (Fsp3) is 0.176. The third kappa shape index (κ3) is 5.29. The summed E-state index contributed by atoms with van der Waals surface area (Å²) in [5.41, 5.74) is 1.70. The van der Waals surface area contributed by atoms with E-state index in [0.29, 0.717) is 11.3 Å². The fourth-order valence-electron chi connectivity index (χ4n) is 1.87. The van der Waals surface area contributed by atoms with Gasteiger partial charge in [0.15, 0.2) is 0 Å². The zero-order valence-corrected chi connectivity index (χ0v) is 12.9. The molecule has 0 spiro atoms. The van der Waals surface area contributed by atoms with Gasteiger partial charge in [-0.3, -0.25) is 10.1 Å². The SMILES string of the molecule is O=C(Nc1ccc(O)cc1)OCc1ccc(C(=O)NCCO)cc1. The smallest absolute Gasteiger partial charge is 0.411 e. The van der Waals surface area contributed by atoms with E-state index in [1.165, 1.54) is 12.1 Å². The quantitative estimate of drug-likeness (QED) is 0.605. The Bertz CT molecular complexity index is 683. The molecule has 2 aromatic rings. The van der Waals surface area contributed by atoms with Crippen molar-refractivity contribution < 1.29 is 24.5 Å². The van der Waals surface area contributed by atoms with Crippen molar-refractivity contribution in [3.05, 3.63) is 59.7 Å². The summed E-state index contributed by atoms with van der Waals surface area (Å²) in [4.78, 5) is 23.4. The molecule has 7 heteroatoms. The highest BCUT2D eigenvalue weighted by Gasteiger charge is 2.06. The minimum Gasteiger partial charge on any atom is -0.508 e. The first-order valence-corrected chi connectivity index (χ1v) is 7.29. The van der Waals surface area contributed by atoms with Crippen LogP contribution < -0.4 is 10.6 Å². The molecule has 0 heterocycles. The van der Waals surface area contributed by atoms with Gasteiger partial charge in [-0.05, 0) is 42.0 Å². The molecule has 0 aromatic heterocycles. The summed E-state index contributed by atoms with van der Waals surface area (Å²) in [5, 5.41) is 22.9. The summed E-state index contributed by atoms with van der Waals surface area (Å²) in [7, 11) is 0. The van der Waals surface area contributed by atoms with Crippen LogP contribution in [-0.2, 0) is 11.3 Å². The molecule has 0 unspecified atom stereocenters. The van der Waals surface area contributed by atoms with Crippen LogP contribution in [0, 0.1) is 0 Å². The van der Waals surface area contributed by atoms with Crippen molar-refractivity contribution in [1.29, 1.82) is 0 Å². The van der Waals surface area contributed by atoms with Gasteiger partial charge < -0.3 is 20.3 Å². The average molecular weight is 330 g/mol. The number of hydrogen-bond donors (Lipinski definition) is 4. The average Bonchev–Trinajstić information content (AvgIpc) is 2.60. The number of carbonyl (C=O) groups excluding carboxylic acids is 2. The minimum atomic E-state index is -0.620. The molecule has 0 aliphatic rings. The number of rotatable bonds is 6. The molecule has 0 aliphatic carbocycles. The lowest BCUT2D eigenvalue weighted by atomic mass is 10.1. The molecular weight excluding hydrogens is 312 g/mol. The first-order valence-electron chi connectivity index (χ1n) is 7.29. The Morgan fingerprint density at radius 2 is 1.67 bits per heavy atom. The van der Waals surface area contributed by atoms with Crippen LogP contribution in [0.25, 0.3) is 0 Å². The Kier molecular flexibility index (Phi) is 6.16. The highest BCUT2D eigenvalue weighted by atomic mass is 16.5. The van der Waals surface area contributed by atoms with Gasteiger partial charge in [0.1, 0.15) is 12.4 Å². The molecule has 0 saturated heterocycles. The number of nitrogens with one attached hydrogen (secondary N) is 2. The van der Waals surface area contributed by atoms with E-state index in [-0.39, 0.29) is 31.4 Å². The van der Waals surface area contributed by atoms with Crippen LogP contribution in [0.4, 0.5) is 10.5 Å². The predicted octanol–water partition coefficient (Wildman–Crippen LogP) is 1.86. The Hall–Kier alpha value is -3.06. The maximum atomic E-state index is 11.7. The summed E-state index contributed by atoms with van der Waals surface area (Å²) in [5.74, 6) is -0.168. The molecule has 2 amide bonds. The maximum Gasteiger partial charge on any atom is 0.411 e. The number of hydrogen-bond acceptors (Lipinski definition) is 5. The summed E-state index contributed by atoms with van der Waals surface area (Å²) >= 11 is 0. The highest BCUT2D eigenvalue weighted by Crippen LogP contribution is 2.14. The van der Waals surface area contributed by atoms with Crippen molar-refractivity contribution in [1.82, 2.24) is 5.32 Å². The van der Waals surface area contributed by atoms with E-state index in [1.807, 2.05) is 0 Å². The van der Waals surface area contributed by atoms with Gasteiger partial charge in [0.25, 0.3) is 5.91 Å². The normalized spacial score (nSPS) is 10.0. The molecule has 0 radical (unpaired) electrons. The Labute approximate surface area is 138 Å². The van der Waals surface area contributed by atoms with E-state index < -0.39 is 6.09 Å². The van der Waals surface area contributed by atoms with Crippen molar-refractivity contribution in [3.8, 4) is 5.75 Å². The van der Waals surface area contributed by atoms with Gasteiger partial charge in [-0.25, -0.2) is 4.79 Å². The van der Waals surface area contributed by atoms with Gasteiger partial charge in [0, 0.05) is 17.8 Å². The van der Waals surface area contributed by atoms with Crippen LogP contribution in [0.1, 0.15) is 15.9 Å². The summed E-state index contributed by atoms with van der Waals surface area (Å²) < 4.78 is 5.08. The number of aliphatic hydroxyl groups excluding tert-OH is 1. The number of phenols is 1. The van der Waals surface area contributed by atoms with Crippen molar-refractivity contribution in [2.45, 2.75) is 6.61 Å². The van der Waals surface area contributed by atoms with Crippen molar-refractivity contribution in [3.63, 3.8) is 0 Å².